The van der Waals surface area contributed by atoms with Crippen LogP contribution in [-0.4, -0.2) is 43.5 Å². The number of rotatable bonds is 5. The van der Waals surface area contributed by atoms with Gasteiger partial charge in [-0.15, -0.1) is 0 Å². The smallest absolute Gasteiger partial charge is 0.235 e. The third-order valence-corrected chi connectivity index (χ3v) is 5.82. The lowest BCUT2D eigenvalue weighted by Gasteiger charge is -2.36. The second kappa shape index (κ2) is 7.12. The Morgan fingerprint density at radius 2 is 1.62 bits per heavy atom. The molecule has 1 saturated carbocycles. The molecule has 1 heterocycles. The summed E-state index contributed by atoms with van der Waals surface area (Å²) in [4.78, 5) is 17.9. The van der Waals surface area contributed by atoms with Crippen LogP contribution in [0.5, 0.6) is 0 Å². The Balaban J connectivity index is 1.52. The highest BCUT2D eigenvalue weighted by atomic mass is 16.2. The first kappa shape index (κ1) is 17.1. The molecule has 2 fully saturated rings. The van der Waals surface area contributed by atoms with Crippen molar-refractivity contribution in [3.8, 4) is 0 Å². The van der Waals surface area contributed by atoms with Crippen LogP contribution in [0.25, 0.3) is 0 Å². The van der Waals surface area contributed by atoms with Crippen molar-refractivity contribution in [1.29, 1.82) is 0 Å². The van der Waals surface area contributed by atoms with E-state index < -0.39 is 0 Å². The SMILES string of the molecule is CCN1CCN(c2ccccc2NC(=O)C2(c3ccccc3)CC2)CC1. The maximum absolute atomic E-state index is 13.1. The molecule has 0 bridgehead atoms. The van der Waals surface area contributed by atoms with Gasteiger partial charge in [0.2, 0.25) is 5.91 Å². The van der Waals surface area contributed by atoms with Gasteiger partial charge in [0.25, 0.3) is 0 Å². The summed E-state index contributed by atoms with van der Waals surface area (Å²) in [5, 5.41) is 3.24. The van der Waals surface area contributed by atoms with E-state index in [2.05, 4.69) is 46.3 Å². The van der Waals surface area contributed by atoms with Gasteiger partial charge in [-0.3, -0.25) is 4.79 Å². The lowest BCUT2D eigenvalue weighted by atomic mass is 9.95. The minimum absolute atomic E-state index is 0.128. The summed E-state index contributed by atoms with van der Waals surface area (Å²) >= 11 is 0. The number of nitrogens with zero attached hydrogens (tertiary/aromatic N) is 2. The zero-order valence-corrected chi connectivity index (χ0v) is 15.4. The van der Waals surface area contributed by atoms with Crippen LogP contribution in [0.15, 0.2) is 54.6 Å². The van der Waals surface area contributed by atoms with E-state index in [1.165, 1.54) is 0 Å². The Bertz CT molecular complexity index is 762. The molecule has 1 aliphatic carbocycles. The highest BCUT2D eigenvalue weighted by Gasteiger charge is 2.51. The number of nitrogens with one attached hydrogen (secondary N) is 1. The molecule has 1 N–H and O–H groups in total. The number of likely N-dealkylation sites (N-methyl/N-ethyl adjacent to an activating group) is 1. The summed E-state index contributed by atoms with van der Waals surface area (Å²) in [6.45, 7) is 7.48. The van der Waals surface area contributed by atoms with Crippen molar-refractivity contribution in [2.45, 2.75) is 25.2 Å². The van der Waals surface area contributed by atoms with E-state index in [1.54, 1.807) is 0 Å². The molecule has 1 amide bonds. The number of carbonyl (C=O) groups is 1. The summed E-state index contributed by atoms with van der Waals surface area (Å²) < 4.78 is 0. The lowest BCUT2D eigenvalue weighted by molar-refractivity contribution is -0.118. The molecule has 0 unspecified atom stereocenters. The summed E-state index contributed by atoms with van der Waals surface area (Å²) in [5.74, 6) is 0.128. The fourth-order valence-electron chi connectivity index (χ4n) is 3.93. The molecule has 136 valence electrons. The van der Waals surface area contributed by atoms with Crippen LogP contribution in [0.4, 0.5) is 11.4 Å². The van der Waals surface area contributed by atoms with Crippen molar-refractivity contribution in [3.05, 3.63) is 60.2 Å². The fourth-order valence-corrected chi connectivity index (χ4v) is 3.93. The Morgan fingerprint density at radius 1 is 0.962 bits per heavy atom. The van der Waals surface area contributed by atoms with Crippen molar-refractivity contribution in [3.63, 3.8) is 0 Å². The number of amides is 1. The van der Waals surface area contributed by atoms with Crippen LogP contribution in [0.3, 0.4) is 0 Å². The molecule has 1 saturated heterocycles. The van der Waals surface area contributed by atoms with E-state index in [9.17, 15) is 4.79 Å². The van der Waals surface area contributed by atoms with E-state index in [4.69, 9.17) is 0 Å². The number of carbonyl (C=O) groups excluding carboxylic acids is 1. The van der Waals surface area contributed by atoms with E-state index in [-0.39, 0.29) is 11.3 Å². The van der Waals surface area contributed by atoms with Crippen LogP contribution in [0.2, 0.25) is 0 Å². The van der Waals surface area contributed by atoms with E-state index in [0.29, 0.717) is 0 Å². The molecular formula is C22H27N3O. The van der Waals surface area contributed by atoms with Gasteiger partial charge in [0.1, 0.15) is 0 Å². The third kappa shape index (κ3) is 3.21. The average Bonchev–Trinajstić information content (AvgIpc) is 3.51. The molecule has 4 heteroatoms. The van der Waals surface area contributed by atoms with Gasteiger partial charge in [-0.1, -0.05) is 49.4 Å². The van der Waals surface area contributed by atoms with Crippen molar-refractivity contribution >= 4 is 17.3 Å². The highest BCUT2D eigenvalue weighted by Crippen LogP contribution is 2.49. The molecule has 0 aromatic heterocycles. The van der Waals surface area contributed by atoms with Crippen LogP contribution in [-0.2, 0) is 10.2 Å². The van der Waals surface area contributed by atoms with Crippen LogP contribution in [0, 0.1) is 0 Å². The normalized spacial score (nSPS) is 19.2. The average molecular weight is 349 g/mol. The predicted octanol–water partition coefficient (Wildman–Crippen LogP) is 3.50. The van der Waals surface area contributed by atoms with E-state index in [0.717, 1.165) is 62.5 Å². The van der Waals surface area contributed by atoms with Gasteiger partial charge in [0.05, 0.1) is 16.8 Å². The number of para-hydroxylation sites is 2. The first-order valence-electron chi connectivity index (χ1n) is 9.66. The van der Waals surface area contributed by atoms with Gasteiger partial charge in [-0.05, 0) is 37.1 Å². The van der Waals surface area contributed by atoms with Crippen molar-refractivity contribution < 1.29 is 4.79 Å². The molecule has 2 aromatic carbocycles. The topological polar surface area (TPSA) is 35.6 Å². The minimum atomic E-state index is -0.338. The summed E-state index contributed by atoms with van der Waals surface area (Å²) in [5.41, 5.74) is 2.87. The first-order valence-corrected chi connectivity index (χ1v) is 9.66. The maximum Gasteiger partial charge on any atom is 0.235 e. The van der Waals surface area contributed by atoms with Gasteiger partial charge < -0.3 is 15.1 Å². The number of hydrogen-bond donors (Lipinski definition) is 1. The number of hydrogen-bond acceptors (Lipinski definition) is 3. The number of anilines is 2. The van der Waals surface area contributed by atoms with Crippen LogP contribution >= 0.6 is 0 Å². The predicted molar refractivity (Wildman–Crippen MR) is 107 cm³/mol. The van der Waals surface area contributed by atoms with Gasteiger partial charge >= 0.3 is 0 Å². The number of piperazine rings is 1. The van der Waals surface area contributed by atoms with Gasteiger partial charge in [-0.2, -0.15) is 0 Å². The highest BCUT2D eigenvalue weighted by molar-refractivity contribution is 6.03. The molecule has 4 rings (SSSR count). The van der Waals surface area contributed by atoms with Crippen molar-refractivity contribution in [2.75, 3.05) is 42.9 Å². The van der Waals surface area contributed by atoms with Gasteiger partial charge in [0, 0.05) is 26.2 Å². The van der Waals surface area contributed by atoms with E-state index >= 15 is 0 Å². The van der Waals surface area contributed by atoms with E-state index in [1.807, 2.05) is 30.3 Å². The zero-order chi connectivity index (χ0) is 18.0. The molecule has 26 heavy (non-hydrogen) atoms. The Labute approximate surface area is 155 Å². The molecule has 4 nitrogen and oxygen atoms in total. The number of benzene rings is 2. The van der Waals surface area contributed by atoms with Crippen LogP contribution in [0.1, 0.15) is 25.3 Å². The van der Waals surface area contributed by atoms with Crippen molar-refractivity contribution in [1.82, 2.24) is 4.90 Å². The summed E-state index contributed by atoms with van der Waals surface area (Å²) in [6, 6.07) is 18.4. The zero-order valence-electron chi connectivity index (χ0n) is 15.4. The Kier molecular flexibility index (Phi) is 4.68. The monoisotopic (exact) mass is 349 g/mol. The largest absolute Gasteiger partial charge is 0.367 e. The molecule has 0 radical (unpaired) electrons. The minimum Gasteiger partial charge on any atom is -0.367 e. The molecule has 0 spiro atoms. The standard InChI is InChI=1S/C22H27N3O/c1-2-24-14-16-25(17-15-24)20-11-7-6-10-19(20)23-21(26)22(12-13-22)18-8-4-3-5-9-18/h3-11H,2,12-17H2,1H3,(H,23,26). The Morgan fingerprint density at radius 3 is 2.27 bits per heavy atom. The van der Waals surface area contributed by atoms with Gasteiger partial charge in [-0.25, -0.2) is 0 Å². The van der Waals surface area contributed by atoms with Crippen molar-refractivity contribution in [2.24, 2.45) is 0 Å². The first-order chi connectivity index (χ1) is 12.7. The Hall–Kier alpha value is -2.33. The lowest BCUT2D eigenvalue weighted by Crippen LogP contribution is -2.46. The molecule has 2 aromatic rings. The van der Waals surface area contributed by atoms with Gasteiger partial charge in [0.15, 0.2) is 0 Å². The second-order valence-corrected chi connectivity index (χ2v) is 7.34. The molecular weight excluding hydrogens is 322 g/mol. The quantitative estimate of drug-likeness (QED) is 0.897. The molecule has 1 aliphatic heterocycles. The van der Waals surface area contributed by atoms with Crippen LogP contribution < -0.4 is 10.2 Å². The summed E-state index contributed by atoms with van der Waals surface area (Å²) in [7, 11) is 0. The third-order valence-electron chi connectivity index (χ3n) is 5.82. The second-order valence-electron chi connectivity index (χ2n) is 7.34. The molecule has 2 aliphatic rings. The summed E-state index contributed by atoms with van der Waals surface area (Å²) in [6.07, 6.45) is 1.86. The maximum atomic E-state index is 13.1. The molecule has 0 atom stereocenters. The fraction of sp³-hybridized carbons (Fsp3) is 0.409.